The number of thioether (sulfide) groups is 1. The van der Waals surface area contributed by atoms with E-state index in [-0.39, 0.29) is 23.2 Å². The second kappa shape index (κ2) is 10.3. The van der Waals surface area contributed by atoms with Crippen LogP contribution in [-0.2, 0) is 9.59 Å². The van der Waals surface area contributed by atoms with Gasteiger partial charge in [-0.15, -0.1) is 0 Å². The minimum absolute atomic E-state index is 0.00797. The van der Waals surface area contributed by atoms with Crippen LogP contribution in [0.5, 0.6) is 0 Å². The highest BCUT2D eigenvalue weighted by Gasteiger charge is 2.33. The van der Waals surface area contributed by atoms with Crippen LogP contribution in [0.4, 0.5) is 10.1 Å². The van der Waals surface area contributed by atoms with Gasteiger partial charge < -0.3 is 14.7 Å². The lowest BCUT2D eigenvalue weighted by molar-refractivity contribution is -0.137. The average Bonchev–Trinajstić information content (AvgIpc) is 3.29. The molecule has 0 aromatic heterocycles. The van der Waals surface area contributed by atoms with Gasteiger partial charge in [-0.05, 0) is 48.0 Å². The second-order valence-electron chi connectivity index (χ2n) is 7.76. The van der Waals surface area contributed by atoms with Crippen molar-refractivity contribution in [1.82, 2.24) is 9.80 Å². The molecule has 2 aromatic rings. The van der Waals surface area contributed by atoms with Gasteiger partial charge in [-0.25, -0.2) is 4.39 Å². The SMILES string of the molecule is CCC(=O)N1CCN(C(=O)C(C#N)=C2SC=C(c3ccc(F)cc3)N2c2cccc(Cl)c2)CC1. The van der Waals surface area contributed by atoms with Crippen molar-refractivity contribution in [3.63, 3.8) is 0 Å². The molecule has 6 nitrogen and oxygen atoms in total. The first-order valence-electron chi connectivity index (χ1n) is 10.8. The first-order chi connectivity index (χ1) is 16.4. The van der Waals surface area contributed by atoms with Crippen LogP contribution in [0, 0.1) is 17.1 Å². The van der Waals surface area contributed by atoms with E-state index in [0.717, 1.165) is 5.56 Å². The van der Waals surface area contributed by atoms with Crippen LogP contribution in [0.2, 0.25) is 5.02 Å². The molecule has 2 amide bonds. The van der Waals surface area contributed by atoms with Gasteiger partial charge in [-0.1, -0.05) is 36.4 Å². The lowest BCUT2D eigenvalue weighted by Crippen LogP contribution is -2.51. The number of anilines is 1. The van der Waals surface area contributed by atoms with Crippen molar-refractivity contribution in [2.24, 2.45) is 0 Å². The molecule has 0 aliphatic carbocycles. The zero-order valence-electron chi connectivity index (χ0n) is 18.5. The van der Waals surface area contributed by atoms with Gasteiger partial charge in [0.2, 0.25) is 5.91 Å². The van der Waals surface area contributed by atoms with E-state index in [4.69, 9.17) is 11.6 Å². The highest BCUT2D eigenvalue weighted by molar-refractivity contribution is 8.06. The quantitative estimate of drug-likeness (QED) is 0.447. The van der Waals surface area contributed by atoms with E-state index in [0.29, 0.717) is 54.0 Å². The maximum atomic E-state index is 13.5. The van der Waals surface area contributed by atoms with Crippen LogP contribution in [0.25, 0.3) is 5.70 Å². The van der Waals surface area contributed by atoms with Gasteiger partial charge in [-0.3, -0.25) is 9.59 Å². The molecule has 2 aliphatic rings. The summed E-state index contributed by atoms with van der Waals surface area (Å²) in [7, 11) is 0. The Morgan fingerprint density at radius 1 is 1.09 bits per heavy atom. The molecule has 0 atom stereocenters. The largest absolute Gasteiger partial charge is 0.339 e. The zero-order valence-corrected chi connectivity index (χ0v) is 20.1. The average molecular weight is 497 g/mol. The number of hydrogen-bond acceptors (Lipinski definition) is 5. The number of amides is 2. The molecule has 174 valence electrons. The molecule has 2 aliphatic heterocycles. The predicted molar refractivity (Wildman–Crippen MR) is 132 cm³/mol. The van der Waals surface area contributed by atoms with Gasteiger partial charge in [0.05, 0.1) is 5.70 Å². The molecule has 1 saturated heterocycles. The molecule has 0 N–H and O–H groups in total. The van der Waals surface area contributed by atoms with E-state index in [2.05, 4.69) is 6.07 Å². The summed E-state index contributed by atoms with van der Waals surface area (Å²) >= 11 is 7.51. The Hall–Kier alpha value is -3.28. The number of nitriles is 1. The Bertz CT molecular complexity index is 1210. The fraction of sp³-hybridized carbons (Fsp3) is 0.240. The lowest BCUT2D eigenvalue weighted by atomic mass is 10.1. The molecule has 0 bridgehead atoms. The number of hydrogen-bond donors (Lipinski definition) is 0. The number of nitrogens with zero attached hydrogens (tertiary/aromatic N) is 4. The van der Waals surface area contributed by atoms with Crippen LogP contribution in [-0.4, -0.2) is 47.8 Å². The van der Waals surface area contributed by atoms with E-state index in [9.17, 15) is 19.2 Å². The van der Waals surface area contributed by atoms with Crippen molar-refractivity contribution in [2.45, 2.75) is 13.3 Å². The molecular weight excluding hydrogens is 475 g/mol. The fourth-order valence-electron chi connectivity index (χ4n) is 3.91. The molecular formula is C25H22ClFN4O2S. The van der Waals surface area contributed by atoms with Crippen LogP contribution in [0.1, 0.15) is 18.9 Å². The first-order valence-corrected chi connectivity index (χ1v) is 12.1. The first kappa shape index (κ1) is 23.9. The van der Waals surface area contributed by atoms with Crippen molar-refractivity contribution in [3.05, 3.63) is 80.9 Å². The highest BCUT2D eigenvalue weighted by atomic mass is 35.5. The number of carbonyl (C=O) groups is 2. The fourth-order valence-corrected chi connectivity index (χ4v) is 5.12. The summed E-state index contributed by atoms with van der Waals surface area (Å²) in [6, 6.07) is 15.3. The third kappa shape index (κ3) is 4.81. The molecule has 4 rings (SSSR count). The summed E-state index contributed by atoms with van der Waals surface area (Å²) in [4.78, 5) is 30.5. The number of halogens is 2. The maximum absolute atomic E-state index is 13.5. The van der Waals surface area contributed by atoms with E-state index < -0.39 is 0 Å². The third-order valence-corrected chi connectivity index (χ3v) is 6.88. The molecule has 0 spiro atoms. The van der Waals surface area contributed by atoms with E-state index >= 15 is 0 Å². The van der Waals surface area contributed by atoms with Crippen LogP contribution < -0.4 is 4.90 Å². The van der Waals surface area contributed by atoms with Crippen LogP contribution in [0.3, 0.4) is 0 Å². The van der Waals surface area contributed by atoms with Crippen LogP contribution >= 0.6 is 23.4 Å². The maximum Gasteiger partial charge on any atom is 0.267 e. The van der Waals surface area contributed by atoms with Crippen molar-refractivity contribution in [2.75, 3.05) is 31.1 Å². The summed E-state index contributed by atoms with van der Waals surface area (Å²) in [6.07, 6.45) is 0.421. The van der Waals surface area contributed by atoms with Gasteiger partial charge in [0.25, 0.3) is 5.91 Å². The Balaban J connectivity index is 1.69. The minimum atomic E-state index is -0.380. The lowest BCUT2D eigenvalue weighted by Gasteiger charge is -2.35. The van der Waals surface area contributed by atoms with Crippen molar-refractivity contribution < 1.29 is 14.0 Å². The van der Waals surface area contributed by atoms with Crippen molar-refractivity contribution >= 4 is 46.6 Å². The summed E-state index contributed by atoms with van der Waals surface area (Å²) in [5.74, 6) is -0.680. The van der Waals surface area contributed by atoms with Gasteiger partial charge >= 0.3 is 0 Å². The van der Waals surface area contributed by atoms with E-state index in [1.54, 1.807) is 45.0 Å². The molecule has 2 aromatic carbocycles. The van der Waals surface area contributed by atoms with Crippen molar-refractivity contribution in [1.29, 1.82) is 5.26 Å². The Kier molecular flexibility index (Phi) is 7.25. The third-order valence-electron chi connectivity index (χ3n) is 5.69. The monoisotopic (exact) mass is 496 g/mol. The zero-order chi connectivity index (χ0) is 24.2. The smallest absolute Gasteiger partial charge is 0.267 e. The molecule has 34 heavy (non-hydrogen) atoms. The van der Waals surface area contributed by atoms with E-state index in [1.165, 1.54) is 23.9 Å². The minimum Gasteiger partial charge on any atom is -0.339 e. The summed E-state index contributed by atoms with van der Waals surface area (Å²) in [6.45, 7) is 3.42. The van der Waals surface area contributed by atoms with Gasteiger partial charge in [0.1, 0.15) is 22.5 Å². The van der Waals surface area contributed by atoms with Gasteiger partial charge in [0.15, 0.2) is 0 Å². The summed E-state index contributed by atoms with van der Waals surface area (Å²) in [5.41, 5.74) is 2.14. The second-order valence-corrected chi connectivity index (χ2v) is 9.06. The molecule has 1 fully saturated rings. The summed E-state index contributed by atoms with van der Waals surface area (Å²) in [5, 5.41) is 12.8. The molecule has 2 heterocycles. The van der Waals surface area contributed by atoms with Crippen LogP contribution in [0.15, 0.2) is 64.5 Å². The summed E-state index contributed by atoms with van der Waals surface area (Å²) < 4.78 is 13.5. The Morgan fingerprint density at radius 2 is 1.76 bits per heavy atom. The Morgan fingerprint density at radius 3 is 2.38 bits per heavy atom. The Labute approximate surface area is 206 Å². The number of carbonyl (C=O) groups excluding carboxylic acids is 2. The highest BCUT2D eigenvalue weighted by Crippen LogP contribution is 2.45. The molecule has 0 radical (unpaired) electrons. The standard InChI is InChI=1S/C25H22ClFN4O2S/c1-2-23(32)29-10-12-30(13-11-29)24(33)21(15-28)25-31(20-5-3-4-18(26)14-20)22(16-34-25)17-6-8-19(27)9-7-17/h3-9,14,16H,2,10-13H2,1H3. The normalized spacial score (nSPS) is 17.4. The number of benzene rings is 2. The van der Waals surface area contributed by atoms with Gasteiger partial charge in [0, 0.05) is 48.7 Å². The number of rotatable bonds is 4. The topological polar surface area (TPSA) is 67.6 Å². The van der Waals surface area contributed by atoms with Crippen molar-refractivity contribution in [3.8, 4) is 6.07 Å². The molecule has 0 saturated carbocycles. The van der Waals surface area contributed by atoms with Gasteiger partial charge in [-0.2, -0.15) is 5.26 Å². The molecule has 0 unspecified atom stereocenters. The predicted octanol–water partition coefficient (Wildman–Crippen LogP) is 4.85. The number of piperazine rings is 1. The van der Waals surface area contributed by atoms with E-state index in [1.807, 2.05) is 18.4 Å². The molecule has 9 heteroatoms.